The van der Waals surface area contributed by atoms with Crippen molar-refractivity contribution in [2.75, 3.05) is 22.1 Å². The van der Waals surface area contributed by atoms with Crippen LogP contribution in [0.3, 0.4) is 0 Å². The molecule has 0 saturated heterocycles. The van der Waals surface area contributed by atoms with Gasteiger partial charge in [-0.05, 0) is 72.8 Å². The summed E-state index contributed by atoms with van der Waals surface area (Å²) in [5.74, 6) is 1.21. The van der Waals surface area contributed by atoms with Gasteiger partial charge in [-0.2, -0.15) is 0 Å². The van der Waals surface area contributed by atoms with Gasteiger partial charge < -0.3 is 24.2 Å². The lowest BCUT2D eigenvalue weighted by atomic mass is 10.3. The largest absolute Gasteiger partial charge is 0.457 e. The summed E-state index contributed by atoms with van der Waals surface area (Å²) in [6.07, 6.45) is 0. The van der Waals surface area contributed by atoms with Gasteiger partial charge in [0, 0.05) is 11.4 Å². The van der Waals surface area contributed by atoms with Crippen molar-refractivity contribution < 1.29 is 23.2 Å². The number of thioether (sulfide) groups is 2. The monoisotopic (exact) mass is 582 g/mol. The molecule has 9 nitrogen and oxygen atoms in total. The molecule has 2 amide bonds. The number of nitrogens with one attached hydrogen (secondary N) is 2. The van der Waals surface area contributed by atoms with E-state index in [1.807, 2.05) is 48.5 Å². The first-order valence-corrected chi connectivity index (χ1v) is 14.5. The van der Waals surface area contributed by atoms with Crippen LogP contribution in [0.2, 0.25) is 0 Å². The normalized spacial score (nSPS) is 11.0. The van der Waals surface area contributed by atoms with Crippen LogP contribution < -0.4 is 15.4 Å². The van der Waals surface area contributed by atoms with Gasteiger partial charge in [0.2, 0.25) is 11.8 Å². The summed E-state index contributed by atoms with van der Waals surface area (Å²) in [6, 6.07) is 29.1. The highest BCUT2D eigenvalue weighted by Gasteiger charge is 2.11. The van der Waals surface area contributed by atoms with Crippen molar-refractivity contribution >= 4 is 68.9 Å². The second-order valence-electron chi connectivity index (χ2n) is 8.72. The molecule has 0 aliphatic rings. The maximum absolute atomic E-state index is 12.4. The van der Waals surface area contributed by atoms with Crippen LogP contribution in [0.4, 0.5) is 11.4 Å². The predicted octanol–water partition coefficient (Wildman–Crippen LogP) is 7.22. The molecule has 0 fully saturated rings. The van der Waals surface area contributed by atoms with Crippen molar-refractivity contribution in [1.29, 1.82) is 0 Å². The Morgan fingerprint density at radius 2 is 1.02 bits per heavy atom. The number of fused-ring (bicyclic) bond motifs is 2. The lowest BCUT2D eigenvalue weighted by Crippen LogP contribution is -2.14. The lowest BCUT2D eigenvalue weighted by Gasteiger charge is -2.09. The zero-order valence-corrected chi connectivity index (χ0v) is 23.0. The second-order valence-corrected chi connectivity index (χ2v) is 10.6. The summed E-state index contributed by atoms with van der Waals surface area (Å²) in [5.41, 5.74) is 4.20. The van der Waals surface area contributed by atoms with Crippen molar-refractivity contribution in [3.05, 3.63) is 97.1 Å². The average molecular weight is 583 g/mol. The number of nitrogens with zero attached hydrogens (tertiary/aromatic N) is 2. The average Bonchev–Trinajstić information content (AvgIpc) is 3.61. The Labute approximate surface area is 242 Å². The van der Waals surface area contributed by atoms with E-state index in [1.54, 1.807) is 48.5 Å². The molecule has 2 heterocycles. The van der Waals surface area contributed by atoms with Crippen molar-refractivity contribution in [3.63, 3.8) is 0 Å². The molecule has 0 bridgehead atoms. The molecule has 0 saturated carbocycles. The number of amides is 2. The van der Waals surface area contributed by atoms with E-state index in [0.29, 0.717) is 44.5 Å². The SMILES string of the molecule is O=C(CSc1nc2ccccc2o1)Nc1ccc(Oc2ccc(NC(=O)CSc3nc4ccccc4o3)cc2)cc1. The van der Waals surface area contributed by atoms with Crippen LogP contribution >= 0.6 is 23.5 Å². The number of oxazole rings is 2. The maximum Gasteiger partial charge on any atom is 0.257 e. The van der Waals surface area contributed by atoms with E-state index in [1.165, 1.54) is 23.5 Å². The van der Waals surface area contributed by atoms with Crippen LogP contribution in [0.5, 0.6) is 11.5 Å². The zero-order valence-electron chi connectivity index (χ0n) is 21.4. The van der Waals surface area contributed by atoms with Gasteiger partial charge in [0.15, 0.2) is 11.2 Å². The third kappa shape index (κ3) is 6.89. The molecule has 41 heavy (non-hydrogen) atoms. The third-order valence-electron chi connectivity index (χ3n) is 5.71. The van der Waals surface area contributed by atoms with E-state index in [9.17, 15) is 9.59 Å². The van der Waals surface area contributed by atoms with Crippen LogP contribution in [0, 0.1) is 0 Å². The van der Waals surface area contributed by atoms with Gasteiger partial charge in [0.1, 0.15) is 22.5 Å². The van der Waals surface area contributed by atoms with Gasteiger partial charge in [-0.3, -0.25) is 9.59 Å². The highest BCUT2D eigenvalue weighted by Crippen LogP contribution is 2.27. The molecule has 0 radical (unpaired) electrons. The number of para-hydroxylation sites is 4. The maximum atomic E-state index is 12.4. The molecular formula is C30H22N4O5S2. The molecule has 11 heteroatoms. The van der Waals surface area contributed by atoms with Gasteiger partial charge in [-0.15, -0.1) is 0 Å². The Kier molecular flexibility index (Phi) is 7.88. The highest BCUT2D eigenvalue weighted by molar-refractivity contribution is 8.00. The van der Waals surface area contributed by atoms with Crippen LogP contribution in [0.25, 0.3) is 22.2 Å². The number of benzene rings is 4. The summed E-state index contributed by atoms with van der Waals surface area (Å²) in [7, 11) is 0. The smallest absolute Gasteiger partial charge is 0.257 e. The number of hydrogen-bond acceptors (Lipinski definition) is 9. The van der Waals surface area contributed by atoms with E-state index in [2.05, 4.69) is 20.6 Å². The van der Waals surface area contributed by atoms with Crippen molar-refractivity contribution in [2.45, 2.75) is 10.4 Å². The fourth-order valence-corrected chi connectivity index (χ4v) is 5.10. The molecule has 2 N–H and O–H groups in total. The fourth-order valence-electron chi connectivity index (χ4n) is 3.82. The predicted molar refractivity (Wildman–Crippen MR) is 160 cm³/mol. The Morgan fingerprint density at radius 3 is 1.44 bits per heavy atom. The van der Waals surface area contributed by atoms with Crippen molar-refractivity contribution in [3.8, 4) is 11.5 Å². The Morgan fingerprint density at radius 1 is 0.610 bits per heavy atom. The van der Waals surface area contributed by atoms with Crippen LogP contribution in [-0.2, 0) is 9.59 Å². The Balaban J connectivity index is 0.949. The molecule has 0 aliphatic heterocycles. The fraction of sp³-hybridized carbons (Fsp3) is 0.0667. The van der Waals surface area contributed by atoms with Gasteiger partial charge >= 0.3 is 0 Å². The van der Waals surface area contributed by atoms with Gasteiger partial charge in [-0.25, -0.2) is 9.97 Å². The molecule has 204 valence electrons. The van der Waals surface area contributed by atoms with E-state index in [-0.39, 0.29) is 23.3 Å². The topological polar surface area (TPSA) is 119 Å². The first-order chi connectivity index (χ1) is 20.1. The van der Waals surface area contributed by atoms with E-state index < -0.39 is 0 Å². The number of aromatic nitrogens is 2. The molecule has 0 atom stereocenters. The highest BCUT2D eigenvalue weighted by atomic mass is 32.2. The lowest BCUT2D eigenvalue weighted by molar-refractivity contribution is -0.114. The molecular weight excluding hydrogens is 560 g/mol. The minimum absolute atomic E-state index is 0.170. The first-order valence-electron chi connectivity index (χ1n) is 12.5. The number of rotatable bonds is 10. The Hall–Kier alpha value is -4.74. The standard InChI is InChI=1S/C30H22N4O5S2/c35-27(17-40-29-33-23-5-1-3-7-25(23)38-29)31-19-9-13-21(14-10-19)37-22-15-11-20(12-16-22)32-28(36)18-41-30-34-24-6-2-4-8-26(24)39-30/h1-16H,17-18H2,(H,31,35)(H,32,36). The Bertz CT molecular complexity index is 1620. The molecule has 6 rings (SSSR count). The second kappa shape index (κ2) is 12.2. The minimum atomic E-state index is -0.171. The molecule has 4 aromatic carbocycles. The number of carbonyl (C=O) groups is 2. The van der Waals surface area contributed by atoms with E-state index in [4.69, 9.17) is 13.6 Å². The van der Waals surface area contributed by atoms with Crippen LogP contribution in [-0.4, -0.2) is 33.3 Å². The van der Waals surface area contributed by atoms with Gasteiger partial charge in [-0.1, -0.05) is 47.8 Å². The quantitative estimate of drug-likeness (QED) is 0.161. The molecule has 0 spiro atoms. The first kappa shape index (κ1) is 26.5. The summed E-state index contributed by atoms with van der Waals surface area (Å²) in [6.45, 7) is 0. The molecule has 0 unspecified atom stereocenters. The molecule has 2 aromatic heterocycles. The summed E-state index contributed by atoms with van der Waals surface area (Å²) in [4.78, 5) is 33.5. The number of carbonyl (C=O) groups excluding carboxylic acids is 2. The zero-order chi connectivity index (χ0) is 28.0. The summed E-state index contributed by atoms with van der Waals surface area (Å²) < 4.78 is 17.2. The van der Waals surface area contributed by atoms with Crippen molar-refractivity contribution in [2.24, 2.45) is 0 Å². The van der Waals surface area contributed by atoms with E-state index in [0.717, 1.165) is 11.0 Å². The number of hydrogen-bond donors (Lipinski definition) is 2. The van der Waals surface area contributed by atoms with Crippen LogP contribution in [0.15, 0.2) is 116 Å². The number of ether oxygens (including phenoxy) is 1. The molecule has 6 aromatic rings. The number of anilines is 2. The van der Waals surface area contributed by atoms with Crippen LogP contribution in [0.1, 0.15) is 0 Å². The van der Waals surface area contributed by atoms with E-state index >= 15 is 0 Å². The minimum Gasteiger partial charge on any atom is -0.457 e. The van der Waals surface area contributed by atoms with Gasteiger partial charge in [0.05, 0.1) is 11.5 Å². The summed E-state index contributed by atoms with van der Waals surface area (Å²) >= 11 is 2.47. The summed E-state index contributed by atoms with van der Waals surface area (Å²) in [5, 5.41) is 6.61. The molecule has 0 aliphatic carbocycles. The third-order valence-corrected chi connectivity index (χ3v) is 7.37. The van der Waals surface area contributed by atoms with Gasteiger partial charge in [0.25, 0.3) is 10.4 Å². The van der Waals surface area contributed by atoms with Crippen molar-refractivity contribution in [1.82, 2.24) is 9.97 Å².